The predicted molar refractivity (Wildman–Crippen MR) is 68.6 cm³/mol. The Kier molecular flexibility index (Phi) is 3.72. The van der Waals surface area contributed by atoms with Gasteiger partial charge in [-0.2, -0.15) is 0 Å². The molecule has 2 rings (SSSR count). The molecule has 0 amide bonds. The molecule has 0 aromatic carbocycles. The summed E-state index contributed by atoms with van der Waals surface area (Å²) in [6.07, 6.45) is 4.40. The van der Waals surface area contributed by atoms with E-state index in [0.717, 1.165) is 17.8 Å². The van der Waals surface area contributed by atoms with Crippen LogP contribution < -0.4 is 0 Å². The van der Waals surface area contributed by atoms with E-state index in [-0.39, 0.29) is 5.92 Å². The largest absolute Gasteiger partial charge is 0.261 e. The molecule has 0 aliphatic carbocycles. The minimum atomic E-state index is 0.158. The van der Waals surface area contributed by atoms with Crippen LogP contribution in [0.15, 0.2) is 48.8 Å². The molecule has 0 aliphatic rings. The van der Waals surface area contributed by atoms with Gasteiger partial charge < -0.3 is 0 Å². The lowest BCUT2D eigenvalue weighted by atomic mass is 10.0. The first-order valence-electron chi connectivity index (χ1n) is 5.16. The first kappa shape index (κ1) is 10.9. The van der Waals surface area contributed by atoms with Crippen LogP contribution in [-0.2, 0) is 6.42 Å². The van der Waals surface area contributed by atoms with Gasteiger partial charge in [0, 0.05) is 36.1 Å². The third-order valence-electron chi connectivity index (χ3n) is 2.39. The molecular formula is C13H12N2S. The van der Waals surface area contributed by atoms with Crippen molar-refractivity contribution < 1.29 is 0 Å². The number of hydrogen-bond acceptors (Lipinski definition) is 3. The number of rotatable bonds is 4. The Balaban J connectivity index is 2.16. The summed E-state index contributed by atoms with van der Waals surface area (Å²) < 4.78 is 0. The highest BCUT2D eigenvalue weighted by Gasteiger charge is 2.10. The molecule has 0 N–H and O–H groups in total. The summed E-state index contributed by atoms with van der Waals surface area (Å²) >= 11 is 5.06. The van der Waals surface area contributed by atoms with Crippen LogP contribution in [0, 0.1) is 0 Å². The average molecular weight is 228 g/mol. The summed E-state index contributed by atoms with van der Waals surface area (Å²) in [5.41, 5.74) is 2.04. The third-order valence-corrected chi connectivity index (χ3v) is 2.72. The Bertz CT molecular complexity index is 442. The zero-order valence-electron chi connectivity index (χ0n) is 8.78. The van der Waals surface area contributed by atoms with Gasteiger partial charge in [0.1, 0.15) is 0 Å². The molecule has 0 spiro atoms. The summed E-state index contributed by atoms with van der Waals surface area (Å²) in [6, 6.07) is 11.8. The van der Waals surface area contributed by atoms with Crippen LogP contribution in [0.2, 0.25) is 0 Å². The van der Waals surface area contributed by atoms with Crippen molar-refractivity contribution in [2.75, 3.05) is 0 Å². The van der Waals surface area contributed by atoms with Gasteiger partial charge in [0.05, 0.1) is 0 Å². The number of hydrogen-bond donors (Lipinski definition) is 0. The molecule has 0 radical (unpaired) electrons. The lowest BCUT2D eigenvalue weighted by Gasteiger charge is -2.09. The van der Waals surface area contributed by atoms with Gasteiger partial charge in [-0.25, -0.2) is 0 Å². The predicted octanol–water partition coefficient (Wildman–Crippen LogP) is 2.80. The van der Waals surface area contributed by atoms with E-state index in [0.29, 0.717) is 0 Å². The second kappa shape index (κ2) is 5.47. The zero-order chi connectivity index (χ0) is 11.2. The number of pyridine rings is 2. The van der Waals surface area contributed by atoms with Crippen molar-refractivity contribution in [3.05, 3.63) is 60.2 Å². The van der Waals surface area contributed by atoms with Crippen LogP contribution in [-0.4, -0.2) is 15.3 Å². The van der Waals surface area contributed by atoms with Gasteiger partial charge in [-0.3, -0.25) is 9.97 Å². The zero-order valence-corrected chi connectivity index (χ0v) is 9.60. The van der Waals surface area contributed by atoms with Crippen molar-refractivity contribution in [1.29, 1.82) is 0 Å². The van der Waals surface area contributed by atoms with E-state index in [4.69, 9.17) is 12.2 Å². The fraction of sp³-hybridized carbons (Fsp3) is 0.154. The van der Waals surface area contributed by atoms with Gasteiger partial charge in [-0.1, -0.05) is 24.4 Å². The number of aromatic nitrogens is 2. The highest BCUT2D eigenvalue weighted by Crippen LogP contribution is 2.15. The van der Waals surface area contributed by atoms with Crippen molar-refractivity contribution in [1.82, 2.24) is 9.97 Å². The normalized spacial score (nSPS) is 12.0. The van der Waals surface area contributed by atoms with Gasteiger partial charge in [0.2, 0.25) is 0 Å². The van der Waals surface area contributed by atoms with Crippen LogP contribution in [0.3, 0.4) is 0 Å². The molecule has 80 valence electrons. The molecule has 2 heterocycles. The van der Waals surface area contributed by atoms with Gasteiger partial charge in [-0.15, -0.1) is 0 Å². The lowest BCUT2D eigenvalue weighted by Crippen LogP contribution is -2.06. The van der Waals surface area contributed by atoms with E-state index in [2.05, 4.69) is 9.97 Å². The highest BCUT2D eigenvalue weighted by molar-refractivity contribution is 7.79. The molecule has 0 saturated carbocycles. The van der Waals surface area contributed by atoms with Crippen LogP contribution in [0.25, 0.3) is 0 Å². The molecule has 2 nitrogen and oxygen atoms in total. The van der Waals surface area contributed by atoms with E-state index in [9.17, 15) is 0 Å². The number of thiocarbonyl (C=S) groups is 1. The summed E-state index contributed by atoms with van der Waals surface area (Å²) in [7, 11) is 0. The summed E-state index contributed by atoms with van der Waals surface area (Å²) in [5, 5.41) is 1.76. The Morgan fingerprint density at radius 1 is 1.06 bits per heavy atom. The Morgan fingerprint density at radius 3 is 2.38 bits per heavy atom. The van der Waals surface area contributed by atoms with Crippen molar-refractivity contribution in [2.24, 2.45) is 0 Å². The molecule has 0 aliphatic heterocycles. The fourth-order valence-corrected chi connectivity index (χ4v) is 1.80. The molecule has 0 fully saturated rings. The van der Waals surface area contributed by atoms with Crippen molar-refractivity contribution >= 4 is 17.6 Å². The van der Waals surface area contributed by atoms with Crippen LogP contribution in [0.5, 0.6) is 0 Å². The second-order valence-electron chi connectivity index (χ2n) is 3.52. The molecule has 1 atom stereocenters. The third kappa shape index (κ3) is 2.70. The Morgan fingerprint density at radius 2 is 1.81 bits per heavy atom. The molecule has 0 saturated heterocycles. The molecule has 1 unspecified atom stereocenters. The fourth-order valence-electron chi connectivity index (χ4n) is 1.56. The van der Waals surface area contributed by atoms with E-state index in [1.165, 1.54) is 0 Å². The first-order chi connectivity index (χ1) is 7.90. The van der Waals surface area contributed by atoms with Crippen molar-refractivity contribution in [2.45, 2.75) is 12.3 Å². The highest BCUT2D eigenvalue weighted by atomic mass is 32.1. The monoisotopic (exact) mass is 228 g/mol. The standard InChI is InChI=1S/C13H12N2S/c16-10-11(13-6-2-4-8-15-13)9-12-5-1-3-7-14-12/h1-8,10-11H,9H2. The smallest absolute Gasteiger partial charge is 0.0484 e. The van der Waals surface area contributed by atoms with E-state index < -0.39 is 0 Å². The average Bonchev–Trinajstić information content (AvgIpc) is 2.38. The minimum Gasteiger partial charge on any atom is -0.261 e. The summed E-state index contributed by atoms with van der Waals surface area (Å²) in [5.74, 6) is 0.158. The summed E-state index contributed by atoms with van der Waals surface area (Å²) in [6.45, 7) is 0. The quantitative estimate of drug-likeness (QED) is 0.753. The van der Waals surface area contributed by atoms with Crippen LogP contribution in [0.1, 0.15) is 17.3 Å². The molecule has 16 heavy (non-hydrogen) atoms. The molecule has 3 heteroatoms. The lowest BCUT2D eigenvalue weighted by molar-refractivity contribution is 0.834. The topological polar surface area (TPSA) is 25.8 Å². The summed E-state index contributed by atoms with van der Waals surface area (Å²) in [4.78, 5) is 8.62. The van der Waals surface area contributed by atoms with Gasteiger partial charge in [-0.05, 0) is 29.6 Å². The molecular weight excluding hydrogens is 216 g/mol. The van der Waals surface area contributed by atoms with Gasteiger partial charge in [0.25, 0.3) is 0 Å². The van der Waals surface area contributed by atoms with E-state index in [1.807, 2.05) is 36.4 Å². The molecule has 0 bridgehead atoms. The van der Waals surface area contributed by atoms with E-state index in [1.54, 1.807) is 17.8 Å². The van der Waals surface area contributed by atoms with Crippen molar-refractivity contribution in [3.63, 3.8) is 0 Å². The Labute approximate surface area is 100 Å². The van der Waals surface area contributed by atoms with Gasteiger partial charge in [0.15, 0.2) is 0 Å². The second-order valence-corrected chi connectivity index (χ2v) is 3.79. The van der Waals surface area contributed by atoms with Crippen LogP contribution >= 0.6 is 12.2 Å². The van der Waals surface area contributed by atoms with E-state index >= 15 is 0 Å². The first-order valence-corrected chi connectivity index (χ1v) is 5.63. The molecule has 2 aromatic heterocycles. The SMILES string of the molecule is S=CC(Cc1ccccn1)c1ccccn1. The molecule has 2 aromatic rings. The minimum absolute atomic E-state index is 0.158. The maximum Gasteiger partial charge on any atom is 0.0484 e. The Hall–Kier alpha value is -1.61. The number of nitrogens with zero attached hydrogens (tertiary/aromatic N) is 2. The maximum absolute atomic E-state index is 5.06. The maximum atomic E-state index is 5.06. The van der Waals surface area contributed by atoms with Gasteiger partial charge >= 0.3 is 0 Å². The van der Waals surface area contributed by atoms with Crippen LogP contribution in [0.4, 0.5) is 0 Å². The van der Waals surface area contributed by atoms with Crippen molar-refractivity contribution in [3.8, 4) is 0 Å².